The molecule has 0 unspecified atom stereocenters. The number of ether oxygens (including phenoxy) is 2. The molecule has 2 aromatic carbocycles. The molecule has 0 saturated heterocycles. The van der Waals surface area contributed by atoms with Gasteiger partial charge in [0.25, 0.3) is 0 Å². The van der Waals surface area contributed by atoms with Crippen LogP contribution in [0.3, 0.4) is 0 Å². The van der Waals surface area contributed by atoms with Crippen molar-refractivity contribution in [3.8, 4) is 0 Å². The number of esters is 1. The van der Waals surface area contributed by atoms with Crippen LogP contribution in [0.25, 0.3) is 16.8 Å². The Balaban J connectivity index is 2.30. The van der Waals surface area contributed by atoms with E-state index in [0.29, 0.717) is 0 Å². The van der Waals surface area contributed by atoms with Gasteiger partial charge in [0, 0.05) is 0 Å². The van der Waals surface area contributed by atoms with Gasteiger partial charge in [0.15, 0.2) is 0 Å². The number of carbonyl (C=O) groups is 2. The minimum atomic E-state index is -0.708. The molecule has 0 spiro atoms. The van der Waals surface area contributed by atoms with E-state index < -0.39 is 17.7 Å². The number of nitrogens with one attached hydrogen (secondary N) is 1. The molecule has 126 valence electrons. The zero-order valence-corrected chi connectivity index (χ0v) is 14.3. The molecular weight excluding hydrogens is 306 g/mol. The van der Waals surface area contributed by atoms with Gasteiger partial charge < -0.3 is 9.47 Å². The quantitative estimate of drug-likeness (QED) is 0.686. The molecule has 0 aliphatic heterocycles. The highest BCUT2D eigenvalue weighted by Crippen LogP contribution is 2.17. The molecule has 5 nitrogen and oxygen atoms in total. The molecule has 0 aliphatic carbocycles. The summed E-state index contributed by atoms with van der Waals surface area (Å²) in [5.41, 5.74) is 0.126. The van der Waals surface area contributed by atoms with Gasteiger partial charge in [-0.2, -0.15) is 0 Å². The summed E-state index contributed by atoms with van der Waals surface area (Å²) in [5.74, 6) is -0.644. The Morgan fingerprint density at radius 3 is 2.33 bits per heavy atom. The number of hydrogen-bond donors (Lipinski definition) is 1. The summed E-state index contributed by atoms with van der Waals surface area (Å²) >= 11 is 0. The Morgan fingerprint density at radius 2 is 1.71 bits per heavy atom. The Labute approximate surface area is 141 Å². The van der Waals surface area contributed by atoms with Gasteiger partial charge >= 0.3 is 12.1 Å². The van der Waals surface area contributed by atoms with Crippen LogP contribution in [0.4, 0.5) is 4.79 Å². The van der Waals surface area contributed by atoms with E-state index in [1.54, 1.807) is 26.8 Å². The van der Waals surface area contributed by atoms with Crippen LogP contribution in [0.5, 0.6) is 0 Å². The summed E-state index contributed by atoms with van der Waals surface area (Å²) in [7, 11) is 1.26. The summed E-state index contributed by atoms with van der Waals surface area (Å²) in [6.45, 7) is 5.24. The van der Waals surface area contributed by atoms with Gasteiger partial charge in [0.1, 0.15) is 11.3 Å². The number of methoxy groups -OCH3 is 1. The summed E-state index contributed by atoms with van der Waals surface area (Å²) < 4.78 is 9.90. The lowest BCUT2D eigenvalue weighted by atomic mass is 10.1. The third kappa shape index (κ3) is 4.84. The highest BCUT2D eigenvalue weighted by Gasteiger charge is 2.20. The van der Waals surface area contributed by atoms with E-state index in [9.17, 15) is 9.59 Å². The van der Waals surface area contributed by atoms with Crippen LogP contribution in [0.2, 0.25) is 0 Å². The van der Waals surface area contributed by atoms with Gasteiger partial charge in [-0.05, 0) is 49.2 Å². The Bertz CT molecular complexity index is 787. The standard InChI is InChI=1S/C19H21NO4/c1-19(2,3)24-18(22)20-16(17(21)23-4)12-13-9-10-14-7-5-6-8-15(14)11-13/h5-12H,1-4H3,(H,20,22)/b16-12+. The molecule has 2 rings (SSSR count). The van der Waals surface area contributed by atoms with Gasteiger partial charge in [-0.3, -0.25) is 5.32 Å². The maximum absolute atomic E-state index is 11.9. The third-order valence-corrected chi connectivity index (χ3v) is 3.13. The first-order valence-electron chi connectivity index (χ1n) is 7.57. The molecular formula is C19H21NO4. The molecule has 1 amide bonds. The van der Waals surface area contributed by atoms with E-state index in [2.05, 4.69) is 5.32 Å². The van der Waals surface area contributed by atoms with Crippen LogP contribution in [0.1, 0.15) is 26.3 Å². The van der Waals surface area contributed by atoms with E-state index >= 15 is 0 Å². The molecule has 0 atom stereocenters. The molecule has 2 aromatic rings. The summed E-state index contributed by atoms with van der Waals surface area (Å²) in [6.07, 6.45) is 0.849. The molecule has 0 bridgehead atoms. The number of alkyl carbamates (subject to hydrolysis) is 1. The number of fused-ring (bicyclic) bond motifs is 1. The van der Waals surface area contributed by atoms with Crippen LogP contribution >= 0.6 is 0 Å². The van der Waals surface area contributed by atoms with Crippen LogP contribution < -0.4 is 5.32 Å². The van der Waals surface area contributed by atoms with Gasteiger partial charge in [-0.15, -0.1) is 0 Å². The monoisotopic (exact) mass is 327 g/mol. The lowest BCUT2D eigenvalue weighted by Crippen LogP contribution is -2.34. The van der Waals surface area contributed by atoms with E-state index in [0.717, 1.165) is 16.3 Å². The highest BCUT2D eigenvalue weighted by molar-refractivity contribution is 5.97. The van der Waals surface area contributed by atoms with Gasteiger partial charge in [0.05, 0.1) is 7.11 Å². The van der Waals surface area contributed by atoms with Crippen LogP contribution in [-0.2, 0) is 14.3 Å². The van der Waals surface area contributed by atoms with Crippen molar-refractivity contribution in [3.05, 3.63) is 53.7 Å². The van der Waals surface area contributed by atoms with Crippen molar-refractivity contribution in [3.63, 3.8) is 0 Å². The van der Waals surface area contributed by atoms with E-state index in [1.165, 1.54) is 7.11 Å². The average molecular weight is 327 g/mol. The van der Waals surface area contributed by atoms with E-state index in [-0.39, 0.29) is 5.70 Å². The van der Waals surface area contributed by atoms with Gasteiger partial charge in [-0.25, -0.2) is 9.59 Å². The number of carbonyl (C=O) groups excluding carboxylic acids is 2. The molecule has 5 heteroatoms. The van der Waals surface area contributed by atoms with Crippen molar-refractivity contribution in [2.24, 2.45) is 0 Å². The second-order valence-corrected chi connectivity index (χ2v) is 6.28. The number of benzene rings is 2. The lowest BCUT2D eigenvalue weighted by Gasteiger charge is -2.20. The topological polar surface area (TPSA) is 64.6 Å². The SMILES string of the molecule is COC(=O)/C(=C\c1ccc2ccccc2c1)NC(=O)OC(C)(C)C. The van der Waals surface area contributed by atoms with Crippen molar-refractivity contribution in [1.82, 2.24) is 5.32 Å². The minimum Gasteiger partial charge on any atom is -0.464 e. The molecule has 0 fully saturated rings. The lowest BCUT2D eigenvalue weighted by molar-refractivity contribution is -0.136. The molecule has 0 aromatic heterocycles. The van der Waals surface area contributed by atoms with E-state index in [4.69, 9.17) is 9.47 Å². The molecule has 0 aliphatic rings. The summed E-state index contributed by atoms with van der Waals surface area (Å²) in [5, 5.41) is 4.57. The number of hydrogen-bond acceptors (Lipinski definition) is 4. The second-order valence-electron chi connectivity index (χ2n) is 6.28. The fraction of sp³-hybridized carbons (Fsp3) is 0.263. The minimum absolute atomic E-state index is 0.0158. The zero-order valence-electron chi connectivity index (χ0n) is 14.3. The Hall–Kier alpha value is -2.82. The van der Waals surface area contributed by atoms with Crippen molar-refractivity contribution in [2.75, 3.05) is 7.11 Å². The Morgan fingerprint density at radius 1 is 1.04 bits per heavy atom. The predicted molar refractivity (Wildman–Crippen MR) is 93.3 cm³/mol. The highest BCUT2D eigenvalue weighted by atomic mass is 16.6. The largest absolute Gasteiger partial charge is 0.464 e. The fourth-order valence-corrected chi connectivity index (χ4v) is 2.13. The molecule has 0 heterocycles. The molecule has 1 N–H and O–H groups in total. The molecule has 0 saturated carbocycles. The van der Waals surface area contributed by atoms with E-state index in [1.807, 2.05) is 42.5 Å². The first kappa shape index (κ1) is 17.5. The maximum atomic E-state index is 11.9. The predicted octanol–water partition coefficient (Wildman–Crippen LogP) is 3.88. The molecule has 0 radical (unpaired) electrons. The summed E-state index contributed by atoms with van der Waals surface area (Å²) in [4.78, 5) is 23.8. The molecule has 24 heavy (non-hydrogen) atoms. The summed E-state index contributed by atoms with van der Waals surface area (Å²) in [6, 6.07) is 13.6. The van der Waals surface area contributed by atoms with Crippen LogP contribution in [0.15, 0.2) is 48.2 Å². The third-order valence-electron chi connectivity index (χ3n) is 3.13. The van der Waals surface area contributed by atoms with Crippen molar-refractivity contribution < 1.29 is 19.1 Å². The smallest absolute Gasteiger partial charge is 0.412 e. The number of amides is 1. The Kier molecular flexibility index (Phi) is 5.24. The first-order chi connectivity index (χ1) is 11.3. The zero-order chi connectivity index (χ0) is 17.7. The van der Waals surface area contributed by atoms with Crippen molar-refractivity contribution in [2.45, 2.75) is 26.4 Å². The van der Waals surface area contributed by atoms with Crippen molar-refractivity contribution in [1.29, 1.82) is 0 Å². The first-order valence-corrected chi connectivity index (χ1v) is 7.57. The van der Waals surface area contributed by atoms with Crippen LogP contribution in [-0.4, -0.2) is 24.8 Å². The average Bonchev–Trinajstić information content (AvgIpc) is 2.51. The number of rotatable bonds is 3. The van der Waals surface area contributed by atoms with Crippen molar-refractivity contribution >= 4 is 28.9 Å². The van der Waals surface area contributed by atoms with Gasteiger partial charge in [-0.1, -0.05) is 36.4 Å². The van der Waals surface area contributed by atoms with Crippen LogP contribution in [0, 0.1) is 0 Å². The maximum Gasteiger partial charge on any atom is 0.412 e. The van der Waals surface area contributed by atoms with Gasteiger partial charge in [0.2, 0.25) is 0 Å². The fourth-order valence-electron chi connectivity index (χ4n) is 2.13. The second kappa shape index (κ2) is 7.17. The normalized spacial score (nSPS) is 11.9.